The van der Waals surface area contributed by atoms with Crippen molar-refractivity contribution in [3.8, 4) is 16.5 Å². The Morgan fingerprint density at radius 1 is 1.30 bits per heavy atom. The molecule has 0 saturated heterocycles. The van der Waals surface area contributed by atoms with Crippen molar-refractivity contribution in [1.82, 2.24) is 15.2 Å². The Balaban J connectivity index is 1.66. The number of nitrogens with one attached hydrogen (secondary N) is 1. The van der Waals surface area contributed by atoms with Crippen molar-refractivity contribution < 1.29 is 9.15 Å². The van der Waals surface area contributed by atoms with Crippen LogP contribution in [0.4, 0.5) is 0 Å². The molecule has 0 fully saturated rings. The molecule has 0 aliphatic carbocycles. The summed E-state index contributed by atoms with van der Waals surface area (Å²) in [5, 5.41) is 5.33. The van der Waals surface area contributed by atoms with Crippen LogP contribution in [0.15, 0.2) is 57.5 Å². The molecule has 3 aromatic rings. The van der Waals surface area contributed by atoms with E-state index in [9.17, 15) is 0 Å². The van der Waals surface area contributed by atoms with Crippen LogP contribution in [0.25, 0.3) is 10.8 Å². The highest BCUT2D eigenvalue weighted by atomic mass is 32.1. The van der Waals surface area contributed by atoms with Crippen molar-refractivity contribution in [1.29, 1.82) is 0 Å². The molecule has 0 bridgehead atoms. The number of ether oxygens (including phenoxy) is 1. The number of hydrogen-bond donors (Lipinski definition) is 1. The molecule has 7 heteroatoms. The van der Waals surface area contributed by atoms with Crippen molar-refractivity contribution in [2.75, 3.05) is 20.7 Å². The molecule has 0 spiro atoms. The van der Waals surface area contributed by atoms with Crippen LogP contribution in [0.3, 0.4) is 0 Å². The molecule has 142 valence electrons. The minimum absolute atomic E-state index is 0.462. The molecule has 0 saturated carbocycles. The summed E-state index contributed by atoms with van der Waals surface area (Å²) in [6.45, 7) is 4.06. The van der Waals surface area contributed by atoms with Crippen molar-refractivity contribution in [3.05, 3.63) is 59.3 Å². The van der Waals surface area contributed by atoms with E-state index in [1.165, 1.54) is 5.56 Å². The van der Waals surface area contributed by atoms with E-state index in [0.717, 1.165) is 35.4 Å². The second-order valence-electron chi connectivity index (χ2n) is 6.00. The van der Waals surface area contributed by atoms with Gasteiger partial charge in [0.15, 0.2) is 5.96 Å². The van der Waals surface area contributed by atoms with Crippen molar-refractivity contribution in [3.63, 3.8) is 0 Å². The van der Waals surface area contributed by atoms with Gasteiger partial charge in [0.25, 0.3) is 0 Å². The highest BCUT2D eigenvalue weighted by molar-refractivity contribution is 7.13. The second kappa shape index (κ2) is 9.23. The van der Waals surface area contributed by atoms with Gasteiger partial charge in [-0.3, -0.25) is 0 Å². The molecule has 0 aliphatic rings. The highest BCUT2D eigenvalue weighted by Crippen LogP contribution is 2.23. The zero-order valence-electron chi connectivity index (χ0n) is 15.8. The lowest BCUT2D eigenvalue weighted by atomic mass is 10.2. The fourth-order valence-electron chi connectivity index (χ4n) is 2.60. The summed E-state index contributed by atoms with van der Waals surface area (Å²) in [5.74, 6) is 2.33. The van der Waals surface area contributed by atoms with Crippen LogP contribution < -0.4 is 10.1 Å². The Morgan fingerprint density at radius 2 is 2.11 bits per heavy atom. The maximum absolute atomic E-state index is 5.56. The number of aromatic nitrogens is 1. The Hall–Kier alpha value is -2.80. The van der Waals surface area contributed by atoms with Crippen molar-refractivity contribution >= 4 is 17.3 Å². The average Bonchev–Trinajstić information content (AvgIpc) is 3.37. The van der Waals surface area contributed by atoms with Crippen LogP contribution in [0.2, 0.25) is 0 Å². The first kappa shape index (κ1) is 19.0. The summed E-state index contributed by atoms with van der Waals surface area (Å²) in [7, 11) is 3.69. The molecule has 0 aliphatic heterocycles. The molecule has 3 rings (SSSR count). The number of hydrogen-bond acceptors (Lipinski definition) is 5. The topological polar surface area (TPSA) is 62.9 Å². The third kappa shape index (κ3) is 5.10. The summed E-state index contributed by atoms with van der Waals surface area (Å²) in [4.78, 5) is 12.3. The van der Waals surface area contributed by atoms with Gasteiger partial charge in [0, 0.05) is 20.1 Å². The van der Waals surface area contributed by atoms with Gasteiger partial charge < -0.3 is 19.4 Å². The van der Waals surface area contributed by atoms with Crippen LogP contribution in [-0.4, -0.2) is 36.5 Å². The number of oxazole rings is 1. The third-order valence-electron chi connectivity index (χ3n) is 3.95. The van der Waals surface area contributed by atoms with E-state index in [1.54, 1.807) is 24.7 Å². The molecule has 27 heavy (non-hydrogen) atoms. The molecule has 1 aromatic carbocycles. The number of nitrogens with zero attached hydrogens (tertiary/aromatic N) is 3. The zero-order valence-corrected chi connectivity index (χ0v) is 16.6. The van der Waals surface area contributed by atoms with Crippen LogP contribution in [0, 0.1) is 0 Å². The van der Waals surface area contributed by atoms with Gasteiger partial charge in [0.1, 0.15) is 17.7 Å². The summed E-state index contributed by atoms with van der Waals surface area (Å²) >= 11 is 1.61. The minimum Gasteiger partial charge on any atom is -0.497 e. The maximum atomic E-state index is 5.56. The van der Waals surface area contributed by atoms with Gasteiger partial charge in [-0.05, 0) is 36.1 Å². The summed E-state index contributed by atoms with van der Waals surface area (Å²) in [6, 6.07) is 12.0. The quantitative estimate of drug-likeness (QED) is 0.493. The smallest absolute Gasteiger partial charge is 0.236 e. The molecule has 0 unspecified atom stereocenters. The first-order chi connectivity index (χ1) is 13.2. The highest BCUT2D eigenvalue weighted by Gasteiger charge is 2.10. The van der Waals surface area contributed by atoms with Crippen molar-refractivity contribution in [2.45, 2.75) is 20.0 Å². The molecular weight excluding hydrogens is 360 g/mol. The number of rotatable bonds is 7. The Labute approximate surface area is 163 Å². The Kier molecular flexibility index (Phi) is 6.49. The third-order valence-corrected chi connectivity index (χ3v) is 4.81. The van der Waals surface area contributed by atoms with Gasteiger partial charge in [0.05, 0.1) is 18.5 Å². The second-order valence-corrected chi connectivity index (χ2v) is 6.94. The van der Waals surface area contributed by atoms with E-state index in [4.69, 9.17) is 14.1 Å². The van der Waals surface area contributed by atoms with Crippen molar-refractivity contribution in [2.24, 2.45) is 4.99 Å². The molecule has 0 amide bonds. The van der Waals surface area contributed by atoms with Crippen LogP contribution in [0.1, 0.15) is 18.2 Å². The van der Waals surface area contributed by atoms with Gasteiger partial charge in [-0.1, -0.05) is 18.2 Å². The fraction of sp³-hybridized carbons (Fsp3) is 0.300. The molecular formula is C20H24N4O2S. The average molecular weight is 385 g/mol. The van der Waals surface area contributed by atoms with E-state index >= 15 is 0 Å². The first-order valence-electron chi connectivity index (χ1n) is 8.80. The Morgan fingerprint density at radius 3 is 2.78 bits per heavy atom. The number of guanidine groups is 1. The number of aliphatic imine (C=N–C) groups is 1. The summed E-state index contributed by atoms with van der Waals surface area (Å²) in [6.07, 6.45) is 1.67. The van der Waals surface area contributed by atoms with Gasteiger partial charge in [-0.25, -0.2) is 9.98 Å². The molecule has 2 aromatic heterocycles. The molecule has 0 atom stereocenters. The largest absolute Gasteiger partial charge is 0.497 e. The lowest BCUT2D eigenvalue weighted by molar-refractivity contribution is 0.414. The van der Waals surface area contributed by atoms with Gasteiger partial charge in [-0.15, -0.1) is 11.3 Å². The van der Waals surface area contributed by atoms with E-state index in [2.05, 4.69) is 34.3 Å². The minimum atomic E-state index is 0.462. The number of thiophene rings is 1. The van der Waals surface area contributed by atoms with Crippen LogP contribution in [-0.2, 0) is 13.1 Å². The standard InChI is InChI=1S/C20H24N4O2S/c1-4-21-20(24(2)13-15-7-9-17(25-3)10-8-15)22-12-16-14-26-19(23-16)18-6-5-11-27-18/h5-11,14H,4,12-13H2,1-3H3,(H,21,22). The van der Waals surface area contributed by atoms with E-state index < -0.39 is 0 Å². The van der Waals surface area contributed by atoms with E-state index in [-0.39, 0.29) is 0 Å². The van der Waals surface area contributed by atoms with E-state index in [1.807, 2.05) is 36.7 Å². The SMILES string of the molecule is CCNC(=NCc1coc(-c2cccs2)n1)N(C)Cc1ccc(OC)cc1. The first-order valence-corrected chi connectivity index (χ1v) is 9.68. The van der Waals surface area contributed by atoms with Crippen LogP contribution in [0.5, 0.6) is 5.75 Å². The Bertz CT molecular complexity index is 857. The molecule has 2 heterocycles. The predicted octanol–water partition coefficient (Wildman–Crippen LogP) is 4.01. The van der Waals surface area contributed by atoms with Gasteiger partial charge in [0.2, 0.25) is 5.89 Å². The molecule has 1 N–H and O–H groups in total. The van der Waals surface area contributed by atoms with E-state index in [0.29, 0.717) is 12.4 Å². The molecule has 0 radical (unpaired) electrons. The monoisotopic (exact) mass is 384 g/mol. The fourth-order valence-corrected chi connectivity index (χ4v) is 3.25. The lowest BCUT2D eigenvalue weighted by Gasteiger charge is -2.22. The lowest BCUT2D eigenvalue weighted by Crippen LogP contribution is -2.38. The number of methoxy groups -OCH3 is 1. The van der Waals surface area contributed by atoms with Crippen LogP contribution >= 0.6 is 11.3 Å². The number of benzene rings is 1. The van der Waals surface area contributed by atoms with Gasteiger partial charge >= 0.3 is 0 Å². The summed E-state index contributed by atoms with van der Waals surface area (Å²) in [5.41, 5.74) is 2.00. The molecule has 6 nitrogen and oxygen atoms in total. The van der Waals surface area contributed by atoms with Gasteiger partial charge in [-0.2, -0.15) is 0 Å². The summed E-state index contributed by atoms with van der Waals surface area (Å²) < 4.78 is 10.8. The normalized spacial score (nSPS) is 11.4. The zero-order chi connectivity index (χ0) is 19.1. The maximum Gasteiger partial charge on any atom is 0.236 e. The predicted molar refractivity (Wildman–Crippen MR) is 109 cm³/mol.